The molecule has 20 heavy (non-hydrogen) atoms. The molecule has 2 rings (SSSR count). The van der Waals surface area contributed by atoms with Crippen LogP contribution in [-0.2, 0) is 21.4 Å². The molecule has 1 saturated heterocycles. The second-order valence-corrected chi connectivity index (χ2v) is 6.61. The smallest absolute Gasteiger partial charge is 0.328 e. The van der Waals surface area contributed by atoms with Crippen LogP contribution in [0.2, 0.25) is 0 Å². The van der Waals surface area contributed by atoms with E-state index in [1.54, 1.807) is 0 Å². The molecule has 0 bridgehead atoms. The lowest BCUT2D eigenvalue weighted by atomic mass is 10.1. The largest absolute Gasteiger partial charge is 0.478 e. The molecule has 7 heteroatoms. The Bertz CT molecular complexity index is 654. The Kier molecular flexibility index (Phi) is 4.20. The van der Waals surface area contributed by atoms with Crippen molar-refractivity contribution in [1.82, 2.24) is 4.31 Å². The predicted molar refractivity (Wildman–Crippen MR) is 71.9 cm³/mol. The number of benzene rings is 1. The van der Waals surface area contributed by atoms with E-state index in [2.05, 4.69) is 0 Å². The van der Waals surface area contributed by atoms with Crippen LogP contribution in [0.4, 0.5) is 4.39 Å². The molecule has 0 aromatic heterocycles. The number of carbonyl (C=O) groups is 1. The van der Waals surface area contributed by atoms with Crippen LogP contribution in [0.25, 0.3) is 6.08 Å². The van der Waals surface area contributed by atoms with Gasteiger partial charge in [-0.15, -0.1) is 0 Å². The molecule has 0 saturated carbocycles. The zero-order chi connectivity index (χ0) is 14.8. The molecular weight excluding hydrogens is 285 g/mol. The van der Waals surface area contributed by atoms with E-state index in [0.29, 0.717) is 24.1 Å². The minimum Gasteiger partial charge on any atom is -0.478 e. The quantitative estimate of drug-likeness (QED) is 0.854. The minimum absolute atomic E-state index is 0.120. The number of rotatable bonds is 4. The number of aliphatic carboxylic acids is 1. The summed E-state index contributed by atoms with van der Waals surface area (Å²) in [6.07, 6.45) is 2.74. The van der Waals surface area contributed by atoms with Gasteiger partial charge >= 0.3 is 5.97 Å². The molecule has 1 aromatic rings. The van der Waals surface area contributed by atoms with Gasteiger partial charge in [-0.3, -0.25) is 0 Å². The third-order valence-corrected chi connectivity index (χ3v) is 4.97. The van der Waals surface area contributed by atoms with Gasteiger partial charge in [-0.2, -0.15) is 4.31 Å². The summed E-state index contributed by atoms with van der Waals surface area (Å²) < 4.78 is 38.1. The lowest BCUT2D eigenvalue weighted by molar-refractivity contribution is -0.131. The van der Waals surface area contributed by atoms with E-state index in [0.717, 1.165) is 6.08 Å². The van der Waals surface area contributed by atoms with Crippen molar-refractivity contribution in [3.8, 4) is 0 Å². The number of carboxylic acids is 1. The normalized spacial score (nSPS) is 18.6. The second-order valence-electron chi connectivity index (χ2n) is 4.52. The first-order valence-corrected chi connectivity index (χ1v) is 7.67. The highest BCUT2D eigenvalue weighted by atomic mass is 32.2. The first kappa shape index (κ1) is 14.7. The van der Waals surface area contributed by atoms with Crippen LogP contribution in [-0.4, -0.2) is 36.1 Å². The minimum atomic E-state index is -3.24. The van der Waals surface area contributed by atoms with Crippen molar-refractivity contribution in [3.63, 3.8) is 0 Å². The maximum Gasteiger partial charge on any atom is 0.328 e. The van der Waals surface area contributed by atoms with Crippen molar-refractivity contribution in [3.05, 3.63) is 41.2 Å². The highest BCUT2D eigenvalue weighted by Crippen LogP contribution is 2.21. The van der Waals surface area contributed by atoms with E-state index < -0.39 is 21.8 Å². The SMILES string of the molecule is O=C(O)C=Cc1cc(F)ccc1CN1CCCS1(=O)=O. The third-order valence-electron chi connectivity index (χ3n) is 3.06. The van der Waals surface area contributed by atoms with Crippen LogP contribution in [0.5, 0.6) is 0 Å². The van der Waals surface area contributed by atoms with Crippen LogP contribution >= 0.6 is 0 Å². The second kappa shape index (κ2) is 5.72. The number of hydrogen-bond acceptors (Lipinski definition) is 3. The van der Waals surface area contributed by atoms with Gasteiger partial charge in [0.1, 0.15) is 5.82 Å². The Balaban J connectivity index is 2.29. The first-order chi connectivity index (χ1) is 9.38. The zero-order valence-corrected chi connectivity index (χ0v) is 11.4. The number of hydrogen-bond donors (Lipinski definition) is 1. The highest BCUT2D eigenvalue weighted by Gasteiger charge is 2.28. The van der Waals surface area contributed by atoms with E-state index in [1.165, 1.54) is 28.6 Å². The summed E-state index contributed by atoms with van der Waals surface area (Å²) in [6, 6.07) is 3.90. The Hall–Kier alpha value is -1.73. The molecule has 108 valence electrons. The molecule has 0 unspecified atom stereocenters. The van der Waals surface area contributed by atoms with Crippen LogP contribution in [0.1, 0.15) is 17.5 Å². The summed E-state index contributed by atoms with van der Waals surface area (Å²) in [5.74, 6) is -1.52. The maximum atomic E-state index is 13.2. The van der Waals surface area contributed by atoms with E-state index in [-0.39, 0.29) is 12.3 Å². The zero-order valence-electron chi connectivity index (χ0n) is 10.6. The molecule has 0 spiro atoms. The van der Waals surface area contributed by atoms with E-state index >= 15 is 0 Å². The molecule has 1 N–H and O–H groups in total. The van der Waals surface area contributed by atoms with Crippen molar-refractivity contribution in [2.45, 2.75) is 13.0 Å². The fourth-order valence-corrected chi connectivity index (χ4v) is 3.58. The molecule has 0 atom stereocenters. The van der Waals surface area contributed by atoms with Gasteiger partial charge in [0, 0.05) is 19.2 Å². The topological polar surface area (TPSA) is 74.7 Å². The average Bonchev–Trinajstić information content (AvgIpc) is 2.69. The molecular formula is C13H14FNO4S. The highest BCUT2D eigenvalue weighted by molar-refractivity contribution is 7.89. The van der Waals surface area contributed by atoms with E-state index in [4.69, 9.17) is 5.11 Å². The summed E-state index contributed by atoms with van der Waals surface area (Å²) >= 11 is 0. The first-order valence-electron chi connectivity index (χ1n) is 6.06. The number of nitrogens with zero attached hydrogens (tertiary/aromatic N) is 1. The molecule has 0 amide bonds. The van der Waals surface area contributed by atoms with Gasteiger partial charge in [0.2, 0.25) is 10.0 Å². The van der Waals surface area contributed by atoms with Gasteiger partial charge in [0.25, 0.3) is 0 Å². The summed E-state index contributed by atoms with van der Waals surface area (Å²) in [7, 11) is -3.24. The van der Waals surface area contributed by atoms with Gasteiger partial charge < -0.3 is 5.11 Å². The molecule has 1 heterocycles. The fraction of sp³-hybridized carbons (Fsp3) is 0.308. The van der Waals surface area contributed by atoms with Crippen molar-refractivity contribution < 1.29 is 22.7 Å². The lowest BCUT2D eigenvalue weighted by Gasteiger charge is -2.16. The predicted octanol–water partition coefficient (Wildman–Crippen LogP) is 1.46. The maximum absolute atomic E-state index is 13.2. The van der Waals surface area contributed by atoms with Crippen molar-refractivity contribution in [2.24, 2.45) is 0 Å². The fourth-order valence-electron chi connectivity index (χ4n) is 2.08. The standard InChI is InChI=1S/C13H14FNO4S/c14-12-4-2-11(10(8-12)3-5-13(16)17)9-15-6-1-7-20(15,18)19/h2-5,8H,1,6-7,9H2,(H,16,17). The third kappa shape index (κ3) is 3.43. The molecule has 1 aliphatic rings. The molecule has 0 radical (unpaired) electrons. The van der Waals surface area contributed by atoms with Crippen LogP contribution < -0.4 is 0 Å². The van der Waals surface area contributed by atoms with Crippen molar-refractivity contribution >= 4 is 22.1 Å². The summed E-state index contributed by atoms with van der Waals surface area (Å²) in [4.78, 5) is 10.5. The Morgan fingerprint density at radius 1 is 1.45 bits per heavy atom. The number of carboxylic acid groups (broad SMARTS) is 1. The van der Waals surface area contributed by atoms with Crippen LogP contribution in [0, 0.1) is 5.82 Å². The molecule has 1 aliphatic heterocycles. The summed E-state index contributed by atoms with van der Waals surface area (Å²) in [5.41, 5.74) is 0.948. The summed E-state index contributed by atoms with van der Waals surface area (Å²) in [6.45, 7) is 0.559. The molecule has 1 aromatic carbocycles. The molecule has 0 aliphatic carbocycles. The number of sulfonamides is 1. The Morgan fingerprint density at radius 3 is 2.80 bits per heavy atom. The number of halogens is 1. The summed E-state index contributed by atoms with van der Waals surface area (Å²) in [5, 5.41) is 8.62. The van der Waals surface area contributed by atoms with Gasteiger partial charge in [0.05, 0.1) is 5.75 Å². The van der Waals surface area contributed by atoms with Gasteiger partial charge in [-0.05, 0) is 35.8 Å². The Labute approximate surface area is 116 Å². The monoisotopic (exact) mass is 299 g/mol. The van der Waals surface area contributed by atoms with Crippen molar-refractivity contribution in [1.29, 1.82) is 0 Å². The van der Waals surface area contributed by atoms with Gasteiger partial charge in [-0.1, -0.05) is 6.07 Å². The van der Waals surface area contributed by atoms with Crippen molar-refractivity contribution in [2.75, 3.05) is 12.3 Å². The van der Waals surface area contributed by atoms with Gasteiger partial charge in [0.15, 0.2) is 0 Å². The van der Waals surface area contributed by atoms with Crippen LogP contribution in [0.3, 0.4) is 0 Å². The van der Waals surface area contributed by atoms with E-state index in [9.17, 15) is 17.6 Å². The molecule has 5 nitrogen and oxygen atoms in total. The average molecular weight is 299 g/mol. The van der Waals surface area contributed by atoms with E-state index in [1.807, 2.05) is 0 Å². The Morgan fingerprint density at radius 2 is 2.20 bits per heavy atom. The van der Waals surface area contributed by atoms with Gasteiger partial charge in [-0.25, -0.2) is 17.6 Å². The van der Waals surface area contributed by atoms with Crippen LogP contribution in [0.15, 0.2) is 24.3 Å². The molecule has 1 fully saturated rings. The lowest BCUT2D eigenvalue weighted by Crippen LogP contribution is -2.25.